The molecular formula is C20H16FN5O2. The summed E-state index contributed by atoms with van der Waals surface area (Å²) in [6.45, 7) is 1.00. The minimum atomic E-state index is -0.554. The zero-order valence-corrected chi connectivity index (χ0v) is 14.7. The molecule has 0 saturated heterocycles. The van der Waals surface area contributed by atoms with E-state index in [2.05, 4.69) is 25.6 Å². The largest absolute Gasteiger partial charge is 0.486 e. The Balaban J connectivity index is 1.39. The Labute approximate surface area is 159 Å². The van der Waals surface area contributed by atoms with Crippen LogP contribution in [0, 0.1) is 5.82 Å². The average Bonchev–Trinajstić information content (AvgIpc) is 3.18. The molecule has 140 valence electrons. The molecule has 0 radical (unpaired) electrons. The number of nitrogens with one attached hydrogen (secondary N) is 3. The zero-order chi connectivity index (χ0) is 18.9. The molecule has 1 aliphatic rings. The van der Waals surface area contributed by atoms with E-state index in [0.29, 0.717) is 30.4 Å². The lowest BCUT2D eigenvalue weighted by Gasteiger charge is -2.19. The number of hydrogen-bond acceptors (Lipinski definition) is 6. The van der Waals surface area contributed by atoms with Crippen LogP contribution in [0.15, 0.2) is 54.9 Å². The van der Waals surface area contributed by atoms with Crippen LogP contribution in [0.1, 0.15) is 0 Å². The van der Waals surface area contributed by atoms with E-state index < -0.39 is 5.82 Å². The molecule has 4 aromatic rings. The monoisotopic (exact) mass is 377 g/mol. The summed E-state index contributed by atoms with van der Waals surface area (Å²) in [5, 5.41) is 7.13. The van der Waals surface area contributed by atoms with Gasteiger partial charge in [-0.05, 0) is 36.4 Å². The van der Waals surface area contributed by atoms with Gasteiger partial charge in [0.05, 0.1) is 6.20 Å². The fraction of sp³-hybridized carbons (Fsp3) is 0.100. The summed E-state index contributed by atoms with van der Waals surface area (Å²) < 4.78 is 25.3. The molecule has 0 bridgehead atoms. The molecule has 0 fully saturated rings. The summed E-state index contributed by atoms with van der Waals surface area (Å²) in [7, 11) is 0. The number of anilines is 4. The Kier molecular flexibility index (Phi) is 3.93. The van der Waals surface area contributed by atoms with Gasteiger partial charge in [-0.25, -0.2) is 9.37 Å². The minimum Gasteiger partial charge on any atom is -0.486 e. The van der Waals surface area contributed by atoms with Crippen molar-refractivity contribution in [3.8, 4) is 11.5 Å². The summed E-state index contributed by atoms with van der Waals surface area (Å²) >= 11 is 0. The van der Waals surface area contributed by atoms with Gasteiger partial charge in [-0.15, -0.1) is 0 Å². The molecule has 3 N–H and O–H groups in total. The summed E-state index contributed by atoms with van der Waals surface area (Å²) in [5.74, 6) is 1.08. The third kappa shape index (κ3) is 3.16. The fourth-order valence-electron chi connectivity index (χ4n) is 3.03. The number of benzene rings is 2. The van der Waals surface area contributed by atoms with Gasteiger partial charge in [0.1, 0.15) is 13.2 Å². The molecule has 0 spiro atoms. The third-order valence-corrected chi connectivity index (χ3v) is 4.36. The van der Waals surface area contributed by atoms with Crippen LogP contribution in [0.3, 0.4) is 0 Å². The summed E-state index contributed by atoms with van der Waals surface area (Å²) in [6.07, 6.45) is 3.00. The molecule has 8 heteroatoms. The Hall–Kier alpha value is -3.81. The molecule has 0 unspecified atom stereocenters. The van der Waals surface area contributed by atoms with Gasteiger partial charge >= 0.3 is 0 Å². The quantitative estimate of drug-likeness (QED) is 0.490. The van der Waals surface area contributed by atoms with E-state index in [1.165, 1.54) is 0 Å². The van der Waals surface area contributed by atoms with Crippen molar-refractivity contribution in [1.29, 1.82) is 0 Å². The molecule has 0 aliphatic carbocycles. The third-order valence-electron chi connectivity index (χ3n) is 4.36. The Morgan fingerprint density at radius 3 is 2.68 bits per heavy atom. The average molecular weight is 377 g/mol. The van der Waals surface area contributed by atoms with Gasteiger partial charge < -0.3 is 25.1 Å². The second-order valence-corrected chi connectivity index (χ2v) is 6.28. The van der Waals surface area contributed by atoms with Crippen LogP contribution in [-0.2, 0) is 0 Å². The molecule has 2 aromatic heterocycles. The van der Waals surface area contributed by atoms with Crippen LogP contribution >= 0.6 is 0 Å². The van der Waals surface area contributed by atoms with E-state index in [4.69, 9.17) is 9.47 Å². The van der Waals surface area contributed by atoms with E-state index in [0.717, 1.165) is 22.8 Å². The van der Waals surface area contributed by atoms with E-state index in [-0.39, 0.29) is 11.8 Å². The van der Waals surface area contributed by atoms with Crippen molar-refractivity contribution in [2.24, 2.45) is 0 Å². The second kappa shape index (κ2) is 6.73. The summed E-state index contributed by atoms with van der Waals surface area (Å²) in [5.41, 5.74) is 2.48. The maximum absolute atomic E-state index is 14.2. The number of aromatic amines is 1. The summed E-state index contributed by atoms with van der Waals surface area (Å²) in [4.78, 5) is 11.4. The van der Waals surface area contributed by atoms with Gasteiger partial charge in [-0.1, -0.05) is 0 Å². The number of hydrogen-bond donors (Lipinski definition) is 3. The van der Waals surface area contributed by atoms with Gasteiger partial charge in [-0.3, -0.25) is 0 Å². The number of fused-ring (bicyclic) bond motifs is 2. The molecule has 0 amide bonds. The number of rotatable bonds is 4. The van der Waals surface area contributed by atoms with Crippen molar-refractivity contribution in [2.45, 2.75) is 0 Å². The normalized spacial score (nSPS) is 12.8. The number of nitrogens with zero attached hydrogens (tertiary/aromatic N) is 2. The highest BCUT2D eigenvalue weighted by atomic mass is 19.1. The SMILES string of the molecule is Fc1cnc(Nc2ccc3[nH]ccc3c2)nc1Nc1ccc2c(c1)OCCO2. The molecule has 1 aliphatic heterocycles. The van der Waals surface area contributed by atoms with Crippen LogP contribution in [0.25, 0.3) is 10.9 Å². The maximum atomic E-state index is 14.2. The topological polar surface area (TPSA) is 84.1 Å². The number of ether oxygens (including phenoxy) is 2. The van der Waals surface area contributed by atoms with E-state index >= 15 is 0 Å². The highest BCUT2D eigenvalue weighted by Crippen LogP contribution is 2.33. The van der Waals surface area contributed by atoms with E-state index in [1.54, 1.807) is 18.2 Å². The first-order valence-corrected chi connectivity index (χ1v) is 8.78. The molecule has 0 saturated carbocycles. The predicted octanol–water partition coefficient (Wildman–Crippen LogP) is 4.36. The minimum absolute atomic E-state index is 0.0666. The smallest absolute Gasteiger partial charge is 0.229 e. The first-order valence-electron chi connectivity index (χ1n) is 8.78. The highest BCUT2D eigenvalue weighted by molar-refractivity contribution is 5.83. The number of aromatic nitrogens is 3. The molecule has 0 atom stereocenters. The Morgan fingerprint density at radius 2 is 1.75 bits per heavy atom. The lowest BCUT2D eigenvalue weighted by atomic mass is 10.2. The predicted molar refractivity (Wildman–Crippen MR) is 104 cm³/mol. The second-order valence-electron chi connectivity index (χ2n) is 6.28. The number of halogens is 1. The molecule has 7 nitrogen and oxygen atoms in total. The van der Waals surface area contributed by atoms with Gasteiger partial charge in [-0.2, -0.15) is 4.98 Å². The molecule has 28 heavy (non-hydrogen) atoms. The van der Waals surface area contributed by atoms with Crippen LogP contribution in [0.2, 0.25) is 0 Å². The van der Waals surface area contributed by atoms with Crippen LogP contribution < -0.4 is 20.1 Å². The fourth-order valence-corrected chi connectivity index (χ4v) is 3.03. The van der Waals surface area contributed by atoms with Gasteiger partial charge in [0, 0.05) is 34.5 Å². The molecule has 3 heterocycles. The zero-order valence-electron chi connectivity index (χ0n) is 14.7. The highest BCUT2D eigenvalue weighted by Gasteiger charge is 2.13. The van der Waals surface area contributed by atoms with E-state index in [1.807, 2.05) is 30.5 Å². The lowest BCUT2D eigenvalue weighted by Crippen LogP contribution is -2.15. The Morgan fingerprint density at radius 1 is 0.929 bits per heavy atom. The van der Waals surface area contributed by atoms with Crippen molar-refractivity contribution in [3.63, 3.8) is 0 Å². The molecule has 5 rings (SSSR count). The van der Waals surface area contributed by atoms with Crippen LogP contribution in [0.4, 0.5) is 27.5 Å². The van der Waals surface area contributed by atoms with Crippen molar-refractivity contribution in [2.75, 3.05) is 23.8 Å². The summed E-state index contributed by atoms with van der Waals surface area (Å²) in [6, 6.07) is 13.1. The van der Waals surface area contributed by atoms with Crippen molar-refractivity contribution in [1.82, 2.24) is 15.0 Å². The van der Waals surface area contributed by atoms with E-state index in [9.17, 15) is 4.39 Å². The molecular weight excluding hydrogens is 361 g/mol. The lowest BCUT2D eigenvalue weighted by molar-refractivity contribution is 0.171. The van der Waals surface area contributed by atoms with Gasteiger partial charge in [0.15, 0.2) is 23.1 Å². The standard InChI is InChI=1S/C20H16FN5O2/c21-15-11-23-20(25-13-1-3-16-12(9-13)5-6-22-16)26-19(15)24-14-2-4-17-18(10-14)28-8-7-27-17/h1-6,9-11,22H,7-8H2,(H2,23,24,25,26). The van der Waals surface area contributed by atoms with Crippen LogP contribution in [-0.4, -0.2) is 28.2 Å². The molecule has 2 aromatic carbocycles. The van der Waals surface area contributed by atoms with Crippen LogP contribution in [0.5, 0.6) is 11.5 Å². The van der Waals surface area contributed by atoms with Crippen molar-refractivity contribution in [3.05, 3.63) is 60.7 Å². The first-order chi connectivity index (χ1) is 13.7. The maximum Gasteiger partial charge on any atom is 0.229 e. The van der Waals surface area contributed by atoms with Gasteiger partial charge in [0.2, 0.25) is 5.95 Å². The van der Waals surface area contributed by atoms with Crippen molar-refractivity contribution >= 4 is 34.0 Å². The van der Waals surface area contributed by atoms with Crippen molar-refractivity contribution < 1.29 is 13.9 Å². The van der Waals surface area contributed by atoms with Gasteiger partial charge in [0.25, 0.3) is 0 Å². The Bertz CT molecular complexity index is 1160. The first kappa shape index (κ1) is 16.4. The number of H-pyrrole nitrogens is 1.